The summed E-state index contributed by atoms with van der Waals surface area (Å²) in [6, 6.07) is 0.483. The van der Waals surface area contributed by atoms with Crippen LogP contribution < -0.4 is 5.32 Å². The second kappa shape index (κ2) is 7.08. The summed E-state index contributed by atoms with van der Waals surface area (Å²) in [7, 11) is 0. The summed E-state index contributed by atoms with van der Waals surface area (Å²) in [5.41, 5.74) is -0.0728. The van der Waals surface area contributed by atoms with Crippen molar-refractivity contribution in [1.29, 1.82) is 0 Å². The number of hydrogen-bond donors (Lipinski definition) is 2. The summed E-state index contributed by atoms with van der Waals surface area (Å²) >= 11 is 0. The van der Waals surface area contributed by atoms with Crippen LogP contribution in [0.3, 0.4) is 0 Å². The number of rotatable bonds is 8. The van der Waals surface area contributed by atoms with Crippen molar-refractivity contribution < 1.29 is 5.11 Å². The second-order valence-electron chi connectivity index (χ2n) is 5.83. The van der Waals surface area contributed by atoms with E-state index in [0.29, 0.717) is 12.0 Å². The van der Waals surface area contributed by atoms with E-state index < -0.39 is 0 Å². The van der Waals surface area contributed by atoms with Gasteiger partial charge in [0.2, 0.25) is 0 Å². The largest absolute Gasteiger partial charge is 0.392 e. The quantitative estimate of drug-likeness (QED) is 0.625. The molecule has 0 heterocycles. The zero-order valence-corrected chi connectivity index (χ0v) is 11.6. The zero-order chi connectivity index (χ0) is 12.8. The van der Waals surface area contributed by atoms with E-state index in [2.05, 4.69) is 46.5 Å². The molecule has 0 aliphatic carbocycles. The lowest BCUT2D eigenvalue weighted by atomic mass is 9.80. The van der Waals surface area contributed by atoms with Gasteiger partial charge in [0.15, 0.2) is 0 Å². The molecule has 0 amide bonds. The highest BCUT2D eigenvalue weighted by atomic mass is 16.3. The number of aliphatic hydroxyl groups is 1. The van der Waals surface area contributed by atoms with Crippen molar-refractivity contribution in [2.24, 2.45) is 11.3 Å². The molecule has 0 aromatic heterocycles. The first-order valence-corrected chi connectivity index (χ1v) is 6.33. The molecule has 16 heavy (non-hydrogen) atoms. The third-order valence-corrected chi connectivity index (χ3v) is 3.14. The maximum atomic E-state index is 10.1. The molecular formula is C14H29NO. The Morgan fingerprint density at radius 2 is 1.88 bits per heavy atom. The summed E-state index contributed by atoms with van der Waals surface area (Å²) < 4.78 is 0. The van der Waals surface area contributed by atoms with Crippen LogP contribution in [-0.2, 0) is 0 Å². The smallest absolute Gasteiger partial charge is 0.0626 e. The van der Waals surface area contributed by atoms with Crippen LogP contribution in [0.2, 0.25) is 0 Å². The van der Waals surface area contributed by atoms with E-state index in [-0.39, 0.29) is 11.5 Å². The standard InChI is InChI=1S/C14H29NO/c1-7-8-9-12(4)15-10-14(5,6)13(16)11(2)3/h7,11-13,15-16H,1,8-10H2,2-6H3. The van der Waals surface area contributed by atoms with Crippen LogP contribution in [-0.4, -0.2) is 23.8 Å². The lowest BCUT2D eigenvalue weighted by Crippen LogP contribution is -2.44. The van der Waals surface area contributed by atoms with Gasteiger partial charge in [-0.05, 0) is 25.7 Å². The van der Waals surface area contributed by atoms with Crippen LogP contribution in [0.15, 0.2) is 12.7 Å². The van der Waals surface area contributed by atoms with Crippen LogP contribution in [0.4, 0.5) is 0 Å². The van der Waals surface area contributed by atoms with Gasteiger partial charge in [0.25, 0.3) is 0 Å². The van der Waals surface area contributed by atoms with Crippen molar-refractivity contribution >= 4 is 0 Å². The average Bonchev–Trinajstić information content (AvgIpc) is 2.22. The highest BCUT2D eigenvalue weighted by Crippen LogP contribution is 2.25. The van der Waals surface area contributed by atoms with Gasteiger partial charge in [-0.25, -0.2) is 0 Å². The Hall–Kier alpha value is -0.340. The van der Waals surface area contributed by atoms with Crippen LogP contribution in [0, 0.1) is 11.3 Å². The van der Waals surface area contributed by atoms with Gasteiger partial charge in [0, 0.05) is 18.0 Å². The Morgan fingerprint density at radius 1 is 1.31 bits per heavy atom. The molecule has 0 aromatic rings. The van der Waals surface area contributed by atoms with Gasteiger partial charge in [-0.2, -0.15) is 0 Å². The van der Waals surface area contributed by atoms with Crippen LogP contribution in [0.1, 0.15) is 47.5 Å². The maximum Gasteiger partial charge on any atom is 0.0626 e. The van der Waals surface area contributed by atoms with Gasteiger partial charge in [0.05, 0.1) is 6.10 Å². The Labute approximate surface area is 101 Å². The zero-order valence-electron chi connectivity index (χ0n) is 11.6. The normalized spacial score (nSPS) is 16.2. The second-order valence-corrected chi connectivity index (χ2v) is 5.83. The van der Waals surface area contributed by atoms with Crippen molar-refractivity contribution in [1.82, 2.24) is 5.32 Å². The molecule has 2 N–H and O–H groups in total. The molecule has 2 unspecified atom stereocenters. The van der Waals surface area contributed by atoms with Gasteiger partial charge in [-0.15, -0.1) is 6.58 Å². The minimum atomic E-state index is -0.258. The highest BCUT2D eigenvalue weighted by Gasteiger charge is 2.30. The monoisotopic (exact) mass is 227 g/mol. The molecular weight excluding hydrogens is 198 g/mol. The van der Waals surface area contributed by atoms with E-state index in [1.807, 2.05) is 6.08 Å². The van der Waals surface area contributed by atoms with Gasteiger partial charge < -0.3 is 10.4 Å². The summed E-state index contributed by atoms with van der Waals surface area (Å²) in [5, 5.41) is 13.6. The van der Waals surface area contributed by atoms with Crippen molar-refractivity contribution in [2.45, 2.75) is 59.6 Å². The molecule has 0 spiro atoms. The van der Waals surface area contributed by atoms with Crippen molar-refractivity contribution in [2.75, 3.05) is 6.54 Å². The third-order valence-electron chi connectivity index (χ3n) is 3.14. The molecule has 2 heteroatoms. The van der Waals surface area contributed by atoms with Crippen LogP contribution in [0.25, 0.3) is 0 Å². The molecule has 96 valence electrons. The van der Waals surface area contributed by atoms with Gasteiger partial charge in [-0.3, -0.25) is 0 Å². The lowest BCUT2D eigenvalue weighted by molar-refractivity contribution is 0.0123. The van der Waals surface area contributed by atoms with Gasteiger partial charge >= 0.3 is 0 Å². The highest BCUT2D eigenvalue weighted by molar-refractivity contribution is 4.83. The first kappa shape index (κ1) is 15.7. The third kappa shape index (κ3) is 5.66. The van der Waals surface area contributed by atoms with Crippen LogP contribution >= 0.6 is 0 Å². The number of aliphatic hydroxyl groups excluding tert-OH is 1. The van der Waals surface area contributed by atoms with Crippen molar-refractivity contribution in [3.63, 3.8) is 0 Å². The van der Waals surface area contributed by atoms with E-state index in [1.54, 1.807) is 0 Å². The first-order valence-electron chi connectivity index (χ1n) is 6.33. The van der Waals surface area contributed by atoms with Gasteiger partial charge in [-0.1, -0.05) is 33.8 Å². The predicted molar refractivity (Wildman–Crippen MR) is 71.5 cm³/mol. The number of allylic oxidation sites excluding steroid dienone is 1. The van der Waals surface area contributed by atoms with E-state index >= 15 is 0 Å². The van der Waals surface area contributed by atoms with E-state index in [1.165, 1.54) is 0 Å². The molecule has 0 aliphatic rings. The SMILES string of the molecule is C=CCCC(C)NCC(C)(C)C(O)C(C)C. The predicted octanol–water partition coefficient (Wildman–Crippen LogP) is 2.97. The maximum absolute atomic E-state index is 10.1. The number of hydrogen-bond acceptors (Lipinski definition) is 2. The van der Waals surface area contributed by atoms with E-state index in [0.717, 1.165) is 19.4 Å². The fourth-order valence-electron chi connectivity index (χ4n) is 1.91. The Morgan fingerprint density at radius 3 is 2.31 bits per heavy atom. The minimum absolute atomic E-state index is 0.0728. The molecule has 0 bridgehead atoms. The molecule has 0 aliphatic heterocycles. The Kier molecular flexibility index (Phi) is 6.93. The fourth-order valence-corrected chi connectivity index (χ4v) is 1.91. The Balaban J connectivity index is 4.02. The van der Waals surface area contributed by atoms with Crippen molar-refractivity contribution in [3.8, 4) is 0 Å². The summed E-state index contributed by atoms with van der Waals surface area (Å²) in [6.07, 6.45) is 3.84. The molecule has 0 rings (SSSR count). The van der Waals surface area contributed by atoms with E-state index in [4.69, 9.17) is 0 Å². The molecule has 2 nitrogen and oxygen atoms in total. The minimum Gasteiger partial charge on any atom is -0.392 e. The molecule has 2 atom stereocenters. The first-order chi connectivity index (χ1) is 7.31. The summed E-state index contributed by atoms with van der Waals surface area (Å²) in [5.74, 6) is 0.306. The molecule has 0 saturated carbocycles. The van der Waals surface area contributed by atoms with Crippen LogP contribution in [0.5, 0.6) is 0 Å². The Bertz CT molecular complexity index is 199. The lowest BCUT2D eigenvalue weighted by Gasteiger charge is -2.34. The molecule has 0 fully saturated rings. The molecule has 0 radical (unpaired) electrons. The summed E-state index contributed by atoms with van der Waals surface area (Å²) in [6.45, 7) is 15.1. The summed E-state index contributed by atoms with van der Waals surface area (Å²) in [4.78, 5) is 0. The fraction of sp³-hybridized carbons (Fsp3) is 0.857. The van der Waals surface area contributed by atoms with E-state index in [9.17, 15) is 5.11 Å². The average molecular weight is 227 g/mol. The van der Waals surface area contributed by atoms with Gasteiger partial charge in [0.1, 0.15) is 0 Å². The van der Waals surface area contributed by atoms with Crippen molar-refractivity contribution in [3.05, 3.63) is 12.7 Å². The topological polar surface area (TPSA) is 32.3 Å². The number of nitrogens with one attached hydrogen (secondary N) is 1. The molecule has 0 saturated heterocycles. The molecule has 0 aromatic carbocycles.